The van der Waals surface area contributed by atoms with Gasteiger partial charge in [0.15, 0.2) is 0 Å². The van der Waals surface area contributed by atoms with Gasteiger partial charge in [0, 0.05) is 6.54 Å². The van der Waals surface area contributed by atoms with Crippen molar-refractivity contribution in [2.45, 2.75) is 30.6 Å². The molecule has 1 aromatic rings. The van der Waals surface area contributed by atoms with Crippen LogP contribution in [0.2, 0.25) is 0 Å². The van der Waals surface area contributed by atoms with E-state index in [0.717, 1.165) is 12.8 Å². The van der Waals surface area contributed by atoms with Gasteiger partial charge in [0.1, 0.15) is 10.6 Å². The molecule has 0 amide bonds. The number of hydrogen-bond donors (Lipinski definition) is 2. The van der Waals surface area contributed by atoms with Crippen LogP contribution in [0.1, 0.15) is 25.7 Å². The second kappa shape index (κ2) is 6.03. The topological polar surface area (TPSA) is 92.7 Å². The van der Waals surface area contributed by atoms with Crippen molar-refractivity contribution in [3.8, 4) is 5.75 Å². The van der Waals surface area contributed by atoms with Crippen LogP contribution in [0.3, 0.4) is 0 Å². The summed E-state index contributed by atoms with van der Waals surface area (Å²) < 4.78 is 32.2. The number of rotatable bonds is 6. The molecule has 6 nitrogen and oxygen atoms in total. The smallest absolute Gasteiger partial charge is 0.310 e. The fraction of sp³-hybridized carbons (Fsp3) is 0.500. The predicted octanol–water partition coefficient (Wildman–Crippen LogP) is 1.62. The normalized spacial score (nSPS) is 17.6. The largest absolute Gasteiger partial charge is 0.495 e. The van der Waals surface area contributed by atoms with Gasteiger partial charge in [-0.25, -0.2) is 13.1 Å². The Labute approximate surface area is 124 Å². The van der Waals surface area contributed by atoms with Gasteiger partial charge in [-0.3, -0.25) is 4.79 Å². The van der Waals surface area contributed by atoms with E-state index in [1.165, 1.54) is 13.2 Å². The number of carboxylic acids is 1. The number of nitrogens with one attached hydrogen (secondary N) is 1. The third kappa shape index (κ3) is 3.19. The van der Waals surface area contributed by atoms with Gasteiger partial charge in [-0.05, 0) is 25.0 Å². The molecule has 0 heterocycles. The molecule has 0 saturated heterocycles. The van der Waals surface area contributed by atoms with Gasteiger partial charge in [0.05, 0.1) is 12.5 Å². The molecule has 1 aromatic carbocycles. The maximum atomic E-state index is 12.3. The first-order valence-corrected chi connectivity index (χ1v) is 8.26. The average molecular weight is 313 g/mol. The molecule has 0 unspecified atom stereocenters. The maximum absolute atomic E-state index is 12.3. The molecule has 1 aliphatic carbocycles. The standard InChI is InChI=1S/C14H19NO5S/c1-20-11-6-2-3-7-12(11)21(18,19)15-10-14(13(16)17)8-4-5-9-14/h2-3,6-7,15H,4-5,8-10H2,1H3,(H,16,17). The number of ether oxygens (including phenoxy) is 1. The summed E-state index contributed by atoms with van der Waals surface area (Å²) in [5.41, 5.74) is -0.991. The van der Waals surface area contributed by atoms with Crippen LogP contribution in [-0.2, 0) is 14.8 Å². The summed E-state index contributed by atoms with van der Waals surface area (Å²) >= 11 is 0. The van der Waals surface area contributed by atoms with Crippen LogP contribution in [0.25, 0.3) is 0 Å². The number of hydrogen-bond acceptors (Lipinski definition) is 4. The summed E-state index contributed by atoms with van der Waals surface area (Å²) in [6.45, 7) is -0.0945. The summed E-state index contributed by atoms with van der Waals surface area (Å²) in [6.07, 6.45) is 2.61. The minimum Gasteiger partial charge on any atom is -0.495 e. The van der Waals surface area contributed by atoms with E-state index in [9.17, 15) is 18.3 Å². The highest BCUT2D eigenvalue weighted by Crippen LogP contribution is 2.38. The zero-order chi connectivity index (χ0) is 15.5. The maximum Gasteiger partial charge on any atom is 0.310 e. The lowest BCUT2D eigenvalue weighted by Crippen LogP contribution is -2.41. The lowest BCUT2D eigenvalue weighted by Gasteiger charge is -2.24. The molecule has 7 heteroatoms. The van der Waals surface area contributed by atoms with E-state index in [1.54, 1.807) is 18.2 Å². The van der Waals surface area contributed by atoms with Crippen molar-refractivity contribution in [1.29, 1.82) is 0 Å². The van der Waals surface area contributed by atoms with Crippen LogP contribution in [0.5, 0.6) is 5.75 Å². The first-order chi connectivity index (χ1) is 9.91. The second-order valence-electron chi connectivity index (χ2n) is 5.27. The van der Waals surface area contributed by atoms with Crippen molar-refractivity contribution in [2.24, 2.45) is 5.41 Å². The molecule has 2 N–H and O–H groups in total. The van der Waals surface area contributed by atoms with Crippen molar-refractivity contribution < 1.29 is 23.1 Å². The summed E-state index contributed by atoms with van der Waals surface area (Å²) in [5, 5.41) is 9.37. The second-order valence-corrected chi connectivity index (χ2v) is 7.00. The Morgan fingerprint density at radius 2 is 1.95 bits per heavy atom. The van der Waals surface area contributed by atoms with Gasteiger partial charge in [-0.2, -0.15) is 0 Å². The highest BCUT2D eigenvalue weighted by atomic mass is 32.2. The summed E-state index contributed by atoms with van der Waals surface area (Å²) in [5.74, 6) is -0.705. The Kier molecular flexibility index (Phi) is 4.53. The molecular weight excluding hydrogens is 294 g/mol. The lowest BCUT2D eigenvalue weighted by atomic mass is 9.87. The van der Waals surface area contributed by atoms with Gasteiger partial charge in [-0.1, -0.05) is 25.0 Å². The van der Waals surface area contributed by atoms with E-state index >= 15 is 0 Å². The van der Waals surface area contributed by atoms with Crippen LogP contribution in [0.4, 0.5) is 0 Å². The van der Waals surface area contributed by atoms with Gasteiger partial charge in [-0.15, -0.1) is 0 Å². The molecule has 0 aromatic heterocycles. The molecule has 1 fully saturated rings. The highest BCUT2D eigenvalue weighted by Gasteiger charge is 2.42. The Balaban J connectivity index is 2.20. The SMILES string of the molecule is COc1ccccc1S(=O)(=O)NCC1(C(=O)O)CCCC1. The quantitative estimate of drug-likeness (QED) is 0.832. The van der Waals surface area contributed by atoms with Crippen molar-refractivity contribution >= 4 is 16.0 Å². The van der Waals surface area contributed by atoms with E-state index in [-0.39, 0.29) is 17.2 Å². The fourth-order valence-electron chi connectivity index (χ4n) is 2.67. The van der Waals surface area contributed by atoms with E-state index in [4.69, 9.17) is 4.74 Å². The fourth-order valence-corrected chi connectivity index (χ4v) is 3.97. The molecule has 0 aliphatic heterocycles. The first-order valence-electron chi connectivity index (χ1n) is 6.77. The Morgan fingerprint density at radius 1 is 1.33 bits per heavy atom. The van der Waals surface area contributed by atoms with Gasteiger partial charge >= 0.3 is 5.97 Å². The zero-order valence-electron chi connectivity index (χ0n) is 11.8. The predicted molar refractivity (Wildman–Crippen MR) is 76.7 cm³/mol. The van der Waals surface area contributed by atoms with Crippen molar-refractivity contribution in [1.82, 2.24) is 4.72 Å². The zero-order valence-corrected chi connectivity index (χ0v) is 12.6. The van der Waals surface area contributed by atoms with Crippen LogP contribution in [-0.4, -0.2) is 33.1 Å². The van der Waals surface area contributed by atoms with E-state index in [2.05, 4.69) is 4.72 Å². The summed E-state index contributed by atoms with van der Waals surface area (Å²) in [7, 11) is -2.41. The molecule has 0 atom stereocenters. The molecule has 0 radical (unpaired) electrons. The minimum absolute atomic E-state index is 0.0195. The van der Waals surface area contributed by atoms with Crippen molar-refractivity contribution in [3.05, 3.63) is 24.3 Å². The monoisotopic (exact) mass is 313 g/mol. The third-order valence-corrected chi connectivity index (χ3v) is 5.41. The Morgan fingerprint density at radius 3 is 2.52 bits per heavy atom. The van der Waals surface area contributed by atoms with Crippen LogP contribution >= 0.6 is 0 Å². The Bertz CT molecular complexity index is 620. The molecule has 116 valence electrons. The summed E-state index contributed by atoms with van der Waals surface area (Å²) in [4.78, 5) is 11.5. The van der Waals surface area contributed by atoms with Crippen molar-refractivity contribution in [2.75, 3.05) is 13.7 Å². The average Bonchev–Trinajstić information content (AvgIpc) is 2.95. The van der Waals surface area contributed by atoms with Gasteiger partial charge < -0.3 is 9.84 Å². The van der Waals surface area contributed by atoms with Crippen LogP contribution in [0, 0.1) is 5.41 Å². The first kappa shape index (κ1) is 15.8. The highest BCUT2D eigenvalue weighted by molar-refractivity contribution is 7.89. The molecule has 0 bridgehead atoms. The minimum atomic E-state index is -3.80. The third-order valence-electron chi connectivity index (χ3n) is 3.97. The molecule has 1 saturated carbocycles. The molecule has 0 spiro atoms. The number of benzene rings is 1. The number of para-hydroxylation sites is 1. The van der Waals surface area contributed by atoms with Crippen LogP contribution < -0.4 is 9.46 Å². The van der Waals surface area contributed by atoms with E-state index in [0.29, 0.717) is 12.8 Å². The molecule has 21 heavy (non-hydrogen) atoms. The number of methoxy groups -OCH3 is 1. The van der Waals surface area contributed by atoms with E-state index < -0.39 is 21.4 Å². The van der Waals surface area contributed by atoms with Gasteiger partial charge in [0.25, 0.3) is 0 Å². The lowest BCUT2D eigenvalue weighted by molar-refractivity contribution is -0.148. The Hall–Kier alpha value is -1.60. The van der Waals surface area contributed by atoms with Crippen LogP contribution in [0.15, 0.2) is 29.2 Å². The summed E-state index contributed by atoms with van der Waals surface area (Å²) in [6, 6.07) is 6.26. The molecule has 1 aliphatic rings. The van der Waals surface area contributed by atoms with Crippen molar-refractivity contribution in [3.63, 3.8) is 0 Å². The number of carbonyl (C=O) groups is 1. The number of carboxylic acid groups (broad SMARTS) is 1. The molecular formula is C14H19NO5S. The molecule has 2 rings (SSSR count). The number of sulfonamides is 1. The van der Waals surface area contributed by atoms with Gasteiger partial charge in [0.2, 0.25) is 10.0 Å². The van der Waals surface area contributed by atoms with E-state index in [1.807, 2.05) is 0 Å². The number of aliphatic carboxylic acids is 1.